The van der Waals surface area contributed by atoms with Crippen LogP contribution in [0.3, 0.4) is 0 Å². The van der Waals surface area contributed by atoms with Gasteiger partial charge in [0.2, 0.25) is 0 Å². The highest BCUT2D eigenvalue weighted by molar-refractivity contribution is 7.91. The summed E-state index contributed by atoms with van der Waals surface area (Å²) in [7, 11) is -3.00. The van der Waals surface area contributed by atoms with E-state index in [1.807, 2.05) is 30.3 Å². The van der Waals surface area contributed by atoms with Crippen molar-refractivity contribution in [3.05, 3.63) is 65.2 Å². The van der Waals surface area contributed by atoms with Crippen molar-refractivity contribution in [1.29, 1.82) is 0 Å². The number of halogens is 1. The molecule has 0 aliphatic carbocycles. The summed E-state index contributed by atoms with van der Waals surface area (Å²) >= 11 is 5.89. The molecule has 23 heavy (non-hydrogen) atoms. The molecule has 3 rings (SSSR count). The van der Waals surface area contributed by atoms with Crippen molar-refractivity contribution in [1.82, 2.24) is 0 Å². The lowest BCUT2D eigenvalue weighted by Gasteiger charge is -2.19. The second-order valence-electron chi connectivity index (χ2n) is 5.92. The Morgan fingerprint density at radius 1 is 1.04 bits per heavy atom. The van der Waals surface area contributed by atoms with Crippen LogP contribution in [0.15, 0.2) is 54.6 Å². The smallest absolute Gasteiger partial charge is 0.158 e. The van der Waals surface area contributed by atoms with Crippen LogP contribution < -0.4 is 10.6 Å². The minimum absolute atomic E-state index is 0.0101. The molecular formula is C17H20ClN2O2S+. The normalized spacial score (nSPS) is 22.8. The quantitative estimate of drug-likeness (QED) is 0.861. The Morgan fingerprint density at radius 2 is 1.74 bits per heavy atom. The molecule has 1 fully saturated rings. The number of hydrogen-bond acceptors (Lipinski definition) is 3. The Bertz CT molecular complexity index is 748. The fourth-order valence-electron chi connectivity index (χ4n) is 2.92. The molecule has 0 amide bonds. The van der Waals surface area contributed by atoms with E-state index in [4.69, 9.17) is 11.6 Å². The van der Waals surface area contributed by atoms with E-state index in [2.05, 4.69) is 22.8 Å². The van der Waals surface area contributed by atoms with Gasteiger partial charge >= 0.3 is 0 Å². The van der Waals surface area contributed by atoms with E-state index >= 15 is 0 Å². The Hall–Kier alpha value is -1.56. The molecule has 1 saturated heterocycles. The standard InChI is InChI=1S/C17H19ClN2O2S/c18-14-6-8-15(9-7-14)20-17-12-23(21,22)11-16(17)19-10-13-4-2-1-3-5-13/h1-9,16-17,19-20H,10-12H2/p+1/t16-,17-/m1/s1. The molecule has 1 heterocycles. The zero-order chi connectivity index (χ0) is 16.3. The lowest BCUT2D eigenvalue weighted by Crippen LogP contribution is -2.91. The number of nitrogens with two attached hydrogens (primary N) is 1. The molecule has 1 aliphatic heterocycles. The van der Waals surface area contributed by atoms with Crippen molar-refractivity contribution in [3.63, 3.8) is 0 Å². The molecule has 0 spiro atoms. The molecule has 2 aromatic rings. The molecule has 0 unspecified atom stereocenters. The number of rotatable bonds is 5. The summed E-state index contributed by atoms with van der Waals surface area (Å²) in [4.78, 5) is 0. The van der Waals surface area contributed by atoms with Crippen LogP contribution in [0.4, 0.5) is 5.69 Å². The monoisotopic (exact) mass is 351 g/mol. The summed E-state index contributed by atoms with van der Waals surface area (Å²) in [6.45, 7) is 0.778. The maximum absolute atomic E-state index is 12.0. The third-order valence-corrected chi connectivity index (χ3v) is 6.10. The van der Waals surface area contributed by atoms with Crippen LogP contribution in [0.5, 0.6) is 0 Å². The Balaban J connectivity index is 1.68. The van der Waals surface area contributed by atoms with Crippen LogP contribution in [0.25, 0.3) is 0 Å². The molecule has 2 aromatic carbocycles. The summed E-state index contributed by atoms with van der Waals surface area (Å²) in [6.07, 6.45) is 0. The molecule has 122 valence electrons. The van der Waals surface area contributed by atoms with Gasteiger partial charge in [-0.15, -0.1) is 0 Å². The van der Waals surface area contributed by atoms with Crippen LogP contribution in [0, 0.1) is 0 Å². The van der Waals surface area contributed by atoms with Crippen LogP contribution in [-0.4, -0.2) is 32.0 Å². The molecule has 4 nitrogen and oxygen atoms in total. The average Bonchev–Trinajstić information content (AvgIpc) is 2.82. The molecule has 0 bridgehead atoms. The van der Waals surface area contributed by atoms with Gasteiger partial charge in [-0.2, -0.15) is 0 Å². The van der Waals surface area contributed by atoms with E-state index in [0.717, 1.165) is 12.2 Å². The first-order valence-corrected chi connectivity index (χ1v) is 9.81. The first kappa shape index (κ1) is 16.3. The second-order valence-corrected chi connectivity index (χ2v) is 8.51. The van der Waals surface area contributed by atoms with E-state index in [9.17, 15) is 8.42 Å². The van der Waals surface area contributed by atoms with Crippen LogP contribution in [0.1, 0.15) is 5.56 Å². The highest BCUT2D eigenvalue weighted by Gasteiger charge is 2.40. The van der Waals surface area contributed by atoms with Gasteiger partial charge in [-0.25, -0.2) is 8.42 Å². The molecule has 3 N–H and O–H groups in total. The number of quaternary nitrogens is 1. The van der Waals surface area contributed by atoms with Crippen molar-refractivity contribution in [2.45, 2.75) is 18.6 Å². The van der Waals surface area contributed by atoms with Crippen molar-refractivity contribution in [2.24, 2.45) is 0 Å². The molecule has 0 aromatic heterocycles. The van der Waals surface area contributed by atoms with E-state index in [1.165, 1.54) is 5.56 Å². The van der Waals surface area contributed by atoms with E-state index in [-0.39, 0.29) is 23.6 Å². The third kappa shape index (κ3) is 4.47. The first-order chi connectivity index (χ1) is 11.0. The van der Waals surface area contributed by atoms with Crippen molar-refractivity contribution in [3.8, 4) is 0 Å². The molecule has 1 aliphatic rings. The number of anilines is 1. The van der Waals surface area contributed by atoms with Crippen LogP contribution in [0.2, 0.25) is 5.02 Å². The van der Waals surface area contributed by atoms with Crippen molar-refractivity contribution >= 4 is 27.1 Å². The zero-order valence-electron chi connectivity index (χ0n) is 12.7. The minimum Gasteiger partial charge on any atom is -0.376 e. The zero-order valence-corrected chi connectivity index (χ0v) is 14.2. The number of benzene rings is 2. The van der Waals surface area contributed by atoms with Gasteiger partial charge < -0.3 is 10.6 Å². The molecule has 6 heteroatoms. The molecule has 2 atom stereocenters. The minimum atomic E-state index is -3.00. The van der Waals surface area contributed by atoms with Gasteiger partial charge in [-0.05, 0) is 24.3 Å². The highest BCUT2D eigenvalue weighted by atomic mass is 35.5. The molecule has 0 saturated carbocycles. The topological polar surface area (TPSA) is 62.8 Å². The maximum atomic E-state index is 12.0. The fourth-order valence-corrected chi connectivity index (χ4v) is 5.01. The SMILES string of the molecule is O=S1(=O)C[C@@H](Nc2ccc(Cl)cc2)[C@H]([NH2+]Cc2ccccc2)C1. The predicted octanol–water partition coefficient (Wildman–Crippen LogP) is 1.68. The van der Waals surface area contributed by atoms with E-state index < -0.39 is 9.84 Å². The van der Waals surface area contributed by atoms with Gasteiger partial charge in [0.25, 0.3) is 0 Å². The molecule has 0 radical (unpaired) electrons. The Kier molecular flexibility index (Phi) is 4.90. The lowest BCUT2D eigenvalue weighted by molar-refractivity contribution is -0.700. The number of sulfone groups is 1. The number of nitrogens with one attached hydrogen (secondary N) is 1. The van der Waals surface area contributed by atoms with Crippen molar-refractivity contribution in [2.75, 3.05) is 16.8 Å². The van der Waals surface area contributed by atoms with Crippen molar-refractivity contribution < 1.29 is 13.7 Å². The Morgan fingerprint density at radius 3 is 2.43 bits per heavy atom. The Labute approximate surface area is 141 Å². The first-order valence-electron chi connectivity index (χ1n) is 7.62. The summed E-state index contributed by atoms with van der Waals surface area (Å²) < 4.78 is 24.1. The van der Waals surface area contributed by atoms with Gasteiger partial charge in [0, 0.05) is 16.3 Å². The molecular weight excluding hydrogens is 332 g/mol. The van der Waals surface area contributed by atoms with Gasteiger partial charge in [-0.1, -0.05) is 41.9 Å². The second kappa shape index (κ2) is 6.91. The van der Waals surface area contributed by atoms with Crippen LogP contribution >= 0.6 is 11.6 Å². The predicted molar refractivity (Wildman–Crippen MR) is 93.4 cm³/mol. The van der Waals surface area contributed by atoms with Crippen LogP contribution in [-0.2, 0) is 16.4 Å². The van der Waals surface area contributed by atoms with Gasteiger partial charge in [0.05, 0.1) is 11.8 Å². The lowest BCUT2D eigenvalue weighted by atomic mass is 10.1. The fraction of sp³-hybridized carbons (Fsp3) is 0.294. The largest absolute Gasteiger partial charge is 0.376 e. The maximum Gasteiger partial charge on any atom is 0.158 e. The van der Waals surface area contributed by atoms with Gasteiger partial charge in [0.1, 0.15) is 18.3 Å². The summed E-state index contributed by atoms with van der Waals surface area (Å²) in [5.41, 5.74) is 2.09. The summed E-state index contributed by atoms with van der Waals surface area (Å²) in [5.74, 6) is 0.386. The highest BCUT2D eigenvalue weighted by Crippen LogP contribution is 2.18. The number of hydrogen-bond donors (Lipinski definition) is 2. The van der Waals surface area contributed by atoms with E-state index in [0.29, 0.717) is 5.02 Å². The average molecular weight is 352 g/mol. The van der Waals surface area contributed by atoms with E-state index in [1.54, 1.807) is 12.1 Å². The third-order valence-electron chi connectivity index (χ3n) is 4.09. The summed E-state index contributed by atoms with van der Waals surface area (Å²) in [5, 5.41) is 6.13. The van der Waals surface area contributed by atoms with Gasteiger partial charge in [0.15, 0.2) is 9.84 Å². The summed E-state index contributed by atoms with van der Waals surface area (Å²) in [6, 6.07) is 17.4. The van der Waals surface area contributed by atoms with Gasteiger partial charge in [-0.3, -0.25) is 0 Å².